The van der Waals surface area contributed by atoms with Gasteiger partial charge in [-0.25, -0.2) is 0 Å². The number of allylic oxidation sites excluding steroid dienone is 3. The smallest absolute Gasteiger partial charge is 0.306 e. The summed E-state index contributed by atoms with van der Waals surface area (Å²) in [4.78, 5) is 11.1. The molecule has 2 nitrogen and oxygen atoms in total. The van der Waals surface area contributed by atoms with Gasteiger partial charge in [0.05, 0.1) is 0 Å². The van der Waals surface area contributed by atoms with Gasteiger partial charge in [0.25, 0.3) is 0 Å². The molecule has 0 N–H and O–H groups in total. The van der Waals surface area contributed by atoms with Crippen LogP contribution in [0.25, 0.3) is 0 Å². The number of carbonyl (C=O) groups excluding carboxylic acids is 1. The lowest BCUT2D eigenvalue weighted by Gasteiger charge is -2.28. The standard InChI is InChI=1S/C16H26O2/c1-5-8-15(17)18-12-7-6-9-14-11-10-13(2)16(14,3)4/h6-7,10,14H,5,8-9,11-12H2,1-4H3/b7-6+. The van der Waals surface area contributed by atoms with Gasteiger partial charge in [0.15, 0.2) is 0 Å². The molecular weight excluding hydrogens is 224 g/mol. The molecule has 0 aliphatic heterocycles. The molecule has 0 saturated heterocycles. The Morgan fingerprint density at radius 3 is 2.78 bits per heavy atom. The van der Waals surface area contributed by atoms with Crippen LogP contribution in [0.2, 0.25) is 0 Å². The molecule has 0 aromatic carbocycles. The maximum atomic E-state index is 11.1. The second-order valence-corrected chi connectivity index (χ2v) is 5.68. The van der Waals surface area contributed by atoms with Crippen molar-refractivity contribution in [3.8, 4) is 0 Å². The fourth-order valence-corrected chi connectivity index (χ4v) is 2.34. The molecule has 0 bridgehead atoms. The molecule has 0 fully saturated rings. The van der Waals surface area contributed by atoms with Crippen molar-refractivity contribution in [1.29, 1.82) is 0 Å². The molecule has 0 saturated carbocycles. The second kappa shape index (κ2) is 6.77. The molecule has 0 heterocycles. The highest BCUT2D eigenvalue weighted by molar-refractivity contribution is 5.69. The molecule has 0 aromatic heterocycles. The number of hydrogen-bond acceptors (Lipinski definition) is 2. The van der Waals surface area contributed by atoms with Crippen molar-refractivity contribution in [3.63, 3.8) is 0 Å². The fraction of sp³-hybridized carbons (Fsp3) is 0.688. The summed E-state index contributed by atoms with van der Waals surface area (Å²) < 4.78 is 5.08. The Morgan fingerprint density at radius 2 is 2.22 bits per heavy atom. The van der Waals surface area contributed by atoms with E-state index in [0.717, 1.165) is 12.8 Å². The van der Waals surface area contributed by atoms with Crippen molar-refractivity contribution in [2.24, 2.45) is 11.3 Å². The van der Waals surface area contributed by atoms with Gasteiger partial charge in [-0.2, -0.15) is 0 Å². The Balaban J connectivity index is 2.24. The van der Waals surface area contributed by atoms with Gasteiger partial charge in [0.1, 0.15) is 6.61 Å². The van der Waals surface area contributed by atoms with Crippen LogP contribution in [0, 0.1) is 11.3 Å². The summed E-state index contributed by atoms with van der Waals surface area (Å²) in [5, 5.41) is 0. The zero-order valence-electron chi connectivity index (χ0n) is 12.2. The largest absolute Gasteiger partial charge is 0.461 e. The first-order chi connectivity index (χ1) is 8.48. The number of ether oxygens (including phenoxy) is 1. The van der Waals surface area contributed by atoms with Crippen LogP contribution >= 0.6 is 0 Å². The third-order valence-electron chi connectivity index (χ3n) is 4.13. The zero-order chi connectivity index (χ0) is 13.6. The van der Waals surface area contributed by atoms with Crippen LogP contribution in [0.3, 0.4) is 0 Å². The molecule has 1 atom stereocenters. The average Bonchev–Trinajstić information content (AvgIpc) is 2.55. The van der Waals surface area contributed by atoms with Crippen LogP contribution in [-0.4, -0.2) is 12.6 Å². The summed E-state index contributed by atoms with van der Waals surface area (Å²) >= 11 is 0. The summed E-state index contributed by atoms with van der Waals surface area (Å²) in [6.07, 6.45) is 10.1. The summed E-state index contributed by atoms with van der Waals surface area (Å²) in [5.74, 6) is 0.584. The first-order valence-corrected chi connectivity index (χ1v) is 6.96. The molecule has 1 unspecified atom stereocenters. The van der Waals surface area contributed by atoms with Gasteiger partial charge in [-0.1, -0.05) is 44.6 Å². The first kappa shape index (κ1) is 15.0. The molecular formula is C16H26O2. The minimum absolute atomic E-state index is 0.0964. The Morgan fingerprint density at radius 1 is 1.50 bits per heavy atom. The lowest BCUT2D eigenvalue weighted by atomic mass is 9.76. The Bertz CT molecular complexity index is 337. The van der Waals surface area contributed by atoms with Crippen LogP contribution < -0.4 is 0 Å². The van der Waals surface area contributed by atoms with E-state index in [4.69, 9.17) is 4.74 Å². The summed E-state index contributed by atoms with van der Waals surface area (Å²) in [5.41, 5.74) is 1.80. The van der Waals surface area contributed by atoms with E-state index in [2.05, 4.69) is 32.9 Å². The summed E-state index contributed by atoms with van der Waals surface area (Å²) in [6.45, 7) is 9.24. The molecule has 0 amide bonds. The van der Waals surface area contributed by atoms with Crippen molar-refractivity contribution in [2.45, 2.75) is 53.4 Å². The average molecular weight is 250 g/mol. The lowest BCUT2D eigenvalue weighted by molar-refractivity contribution is -0.142. The maximum absolute atomic E-state index is 11.1. The van der Waals surface area contributed by atoms with Crippen LogP contribution in [0.5, 0.6) is 0 Å². The Hall–Kier alpha value is -1.05. The predicted molar refractivity (Wildman–Crippen MR) is 75.3 cm³/mol. The van der Waals surface area contributed by atoms with Crippen molar-refractivity contribution < 1.29 is 9.53 Å². The van der Waals surface area contributed by atoms with E-state index < -0.39 is 0 Å². The fourth-order valence-electron chi connectivity index (χ4n) is 2.34. The highest BCUT2D eigenvalue weighted by atomic mass is 16.5. The number of rotatable bonds is 6. The highest BCUT2D eigenvalue weighted by Crippen LogP contribution is 2.44. The van der Waals surface area contributed by atoms with Crippen molar-refractivity contribution in [1.82, 2.24) is 0 Å². The molecule has 2 heteroatoms. The molecule has 0 aromatic rings. The van der Waals surface area contributed by atoms with E-state index in [0.29, 0.717) is 24.4 Å². The first-order valence-electron chi connectivity index (χ1n) is 6.96. The maximum Gasteiger partial charge on any atom is 0.306 e. The molecule has 1 rings (SSSR count). The van der Waals surface area contributed by atoms with Gasteiger partial charge < -0.3 is 4.74 Å². The molecule has 18 heavy (non-hydrogen) atoms. The minimum atomic E-state index is -0.0964. The molecule has 1 aliphatic rings. The topological polar surface area (TPSA) is 26.3 Å². The van der Waals surface area contributed by atoms with Gasteiger partial charge in [-0.05, 0) is 37.5 Å². The van der Waals surface area contributed by atoms with Gasteiger partial charge in [0.2, 0.25) is 0 Å². The Labute approximate surface area is 111 Å². The normalized spacial score (nSPS) is 22.2. The monoisotopic (exact) mass is 250 g/mol. The van der Waals surface area contributed by atoms with Crippen molar-refractivity contribution in [3.05, 3.63) is 23.8 Å². The zero-order valence-corrected chi connectivity index (χ0v) is 12.2. The van der Waals surface area contributed by atoms with Crippen molar-refractivity contribution in [2.75, 3.05) is 6.61 Å². The van der Waals surface area contributed by atoms with E-state index in [-0.39, 0.29) is 5.97 Å². The number of esters is 1. The summed E-state index contributed by atoms with van der Waals surface area (Å²) in [7, 11) is 0. The quantitative estimate of drug-likeness (QED) is 0.520. The highest BCUT2D eigenvalue weighted by Gasteiger charge is 2.33. The minimum Gasteiger partial charge on any atom is -0.461 e. The van der Waals surface area contributed by atoms with Crippen LogP contribution in [-0.2, 0) is 9.53 Å². The van der Waals surface area contributed by atoms with E-state index in [1.54, 1.807) is 0 Å². The molecule has 0 radical (unpaired) electrons. The van der Waals surface area contributed by atoms with Crippen LogP contribution in [0.15, 0.2) is 23.8 Å². The summed E-state index contributed by atoms with van der Waals surface area (Å²) in [6, 6.07) is 0. The van der Waals surface area contributed by atoms with Gasteiger partial charge >= 0.3 is 5.97 Å². The third kappa shape index (κ3) is 4.01. The predicted octanol–water partition coefficient (Wildman–Crippen LogP) is 4.27. The van der Waals surface area contributed by atoms with E-state index >= 15 is 0 Å². The van der Waals surface area contributed by atoms with Gasteiger partial charge in [0, 0.05) is 6.42 Å². The Kier molecular flexibility index (Phi) is 5.64. The number of hydrogen-bond donors (Lipinski definition) is 0. The van der Waals surface area contributed by atoms with E-state index in [1.165, 1.54) is 12.0 Å². The molecule has 102 valence electrons. The van der Waals surface area contributed by atoms with E-state index in [9.17, 15) is 4.79 Å². The number of carbonyl (C=O) groups is 1. The van der Waals surface area contributed by atoms with Crippen LogP contribution in [0.1, 0.15) is 53.4 Å². The molecule has 1 aliphatic carbocycles. The third-order valence-corrected chi connectivity index (χ3v) is 4.13. The van der Waals surface area contributed by atoms with Gasteiger partial charge in [-0.15, -0.1) is 0 Å². The van der Waals surface area contributed by atoms with E-state index in [1.807, 2.05) is 13.0 Å². The second-order valence-electron chi connectivity index (χ2n) is 5.68. The van der Waals surface area contributed by atoms with Gasteiger partial charge in [-0.3, -0.25) is 4.79 Å². The molecule has 0 spiro atoms. The SMILES string of the molecule is CCCC(=O)OC/C=C/CC1CC=C(C)C1(C)C. The van der Waals surface area contributed by atoms with Crippen LogP contribution in [0.4, 0.5) is 0 Å². The van der Waals surface area contributed by atoms with Crippen molar-refractivity contribution >= 4 is 5.97 Å². The lowest BCUT2D eigenvalue weighted by Crippen LogP contribution is -2.19.